The largest absolute Gasteiger partial charge is 0.466 e. The van der Waals surface area contributed by atoms with E-state index in [0.29, 0.717) is 19.4 Å². The minimum atomic E-state index is -0.0410. The van der Waals surface area contributed by atoms with Gasteiger partial charge in [-0.15, -0.1) is 0 Å². The highest BCUT2D eigenvalue weighted by atomic mass is 16.5. The molecule has 0 radical (unpaired) electrons. The first kappa shape index (κ1) is 48.9. The molecule has 0 heterocycles. The SMILES string of the molecule is CCCCCCCCCCCOC(=O)CCCCCN(CCCO)CCCCCCCC(=O)OC(CCCCCCC)CCCCCCCC. The second kappa shape index (κ2) is 40.6. The summed E-state index contributed by atoms with van der Waals surface area (Å²) in [7, 11) is 0. The van der Waals surface area contributed by atoms with E-state index in [1.54, 1.807) is 0 Å². The van der Waals surface area contributed by atoms with Gasteiger partial charge in [0.1, 0.15) is 6.10 Å². The highest BCUT2D eigenvalue weighted by molar-refractivity contribution is 5.69. The highest BCUT2D eigenvalue weighted by Gasteiger charge is 2.14. The van der Waals surface area contributed by atoms with Crippen molar-refractivity contribution in [1.82, 2.24) is 4.90 Å². The molecule has 0 aromatic heterocycles. The number of ether oxygens (including phenoxy) is 2. The van der Waals surface area contributed by atoms with Crippen LogP contribution in [-0.4, -0.2) is 60.9 Å². The zero-order valence-electron chi connectivity index (χ0n) is 34.0. The molecule has 1 unspecified atom stereocenters. The first-order valence-electron chi connectivity index (χ1n) is 22.3. The molecule has 0 saturated heterocycles. The number of rotatable bonds is 41. The predicted octanol–water partition coefficient (Wildman–Crippen LogP) is 12.7. The molecule has 0 aliphatic rings. The number of aliphatic hydroxyl groups is 1. The molecule has 1 atom stereocenters. The predicted molar refractivity (Wildman–Crippen MR) is 214 cm³/mol. The summed E-state index contributed by atoms with van der Waals surface area (Å²) in [5, 5.41) is 9.36. The standard InChI is InChI=1S/C44H87NO5/c1-4-7-10-13-15-16-17-23-31-41-49-43(47)35-28-24-30-38-45(39-32-40-46)37-29-22-18-21-27-36-44(48)50-42(33-25-19-12-9-6-3)34-26-20-14-11-8-5-2/h42,46H,4-41H2,1-3H3. The van der Waals surface area contributed by atoms with Crippen molar-refractivity contribution < 1.29 is 24.2 Å². The number of carbonyl (C=O) groups excluding carboxylic acids is 2. The van der Waals surface area contributed by atoms with Crippen molar-refractivity contribution in [3.8, 4) is 0 Å². The number of carbonyl (C=O) groups is 2. The van der Waals surface area contributed by atoms with Crippen LogP contribution in [0.25, 0.3) is 0 Å². The molecule has 6 heteroatoms. The lowest BCUT2D eigenvalue weighted by molar-refractivity contribution is -0.150. The van der Waals surface area contributed by atoms with Crippen LogP contribution in [0.5, 0.6) is 0 Å². The summed E-state index contributed by atoms with van der Waals surface area (Å²) in [4.78, 5) is 27.3. The van der Waals surface area contributed by atoms with E-state index in [-0.39, 0.29) is 24.6 Å². The van der Waals surface area contributed by atoms with Crippen molar-refractivity contribution >= 4 is 11.9 Å². The Hall–Kier alpha value is -1.14. The summed E-state index contributed by atoms with van der Waals surface area (Å²) in [6.45, 7) is 10.6. The van der Waals surface area contributed by atoms with E-state index in [0.717, 1.165) is 90.3 Å². The third-order valence-electron chi connectivity index (χ3n) is 10.2. The monoisotopic (exact) mass is 710 g/mol. The number of hydrogen-bond acceptors (Lipinski definition) is 6. The molecule has 298 valence electrons. The summed E-state index contributed by atoms with van der Waals surface area (Å²) >= 11 is 0. The lowest BCUT2D eigenvalue weighted by Gasteiger charge is -2.22. The van der Waals surface area contributed by atoms with Gasteiger partial charge in [0.25, 0.3) is 0 Å². The lowest BCUT2D eigenvalue weighted by atomic mass is 10.0. The molecule has 0 saturated carbocycles. The van der Waals surface area contributed by atoms with Gasteiger partial charge in [-0.3, -0.25) is 9.59 Å². The zero-order chi connectivity index (χ0) is 36.6. The highest BCUT2D eigenvalue weighted by Crippen LogP contribution is 2.18. The molecule has 0 spiro atoms. The maximum atomic E-state index is 12.7. The van der Waals surface area contributed by atoms with Gasteiger partial charge in [0.05, 0.1) is 6.61 Å². The normalized spacial score (nSPS) is 12.1. The summed E-state index contributed by atoms with van der Waals surface area (Å²) < 4.78 is 11.5. The fraction of sp³-hybridized carbons (Fsp3) is 0.955. The number of nitrogens with zero attached hydrogens (tertiary/aromatic N) is 1. The third-order valence-corrected chi connectivity index (χ3v) is 10.2. The molecule has 0 aromatic rings. The molecule has 50 heavy (non-hydrogen) atoms. The van der Waals surface area contributed by atoms with Crippen LogP contribution in [-0.2, 0) is 19.1 Å². The van der Waals surface area contributed by atoms with Crippen molar-refractivity contribution in [2.45, 2.75) is 239 Å². The number of hydrogen-bond donors (Lipinski definition) is 1. The Morgan fingerprint density at radius 3 is 1.34 bits per heavy atom. The van der Waals surface area contributed by atoms with Gasteiger partial charge >= 0.3 is 11.9 Å². The molecule has 0 amide bonds. The first-order valence-corrected chi connectivity index (χ1v) is 22.3. The van der Waals surface area contributed by atoms with Crippen LogP contribution >= 0.6 is 0 Å². The lowest BCUT2D eigenvalue weighted by Crippen LogP contribution is -2.28. The molecule has 0 fully saturated rings. The Labute approximate surface area is 312 Å². The Bertz CT molecular complexity index is 702. The Morgan fingerprint density at radius 1 is 0.460 bits per heavy atom. The molecule has 0 bridgehead atoms. The fourth-order valence-electron chi connectivity index (χ4n) is 6.85. The number of aliphatic hydroxyl groups excluding tert-OH is 1. The number of unbranched alkanes of at least 4 members (excludes halogenated alkanes) is 23. The minimum Gasteiger partial charge on any atom is -0.466 e. The van der Waals surface area contributed by atoms with Crippen molar-refractivity contribution in [3.05, 3.63) is 0 Å². The summed E-state index contributed by atoms with van der Waals surface area (Å²) in [6.07, 6.45) is 38.0. The quantitative estimate of drug-likeness (QED) is 0.0503. The summed E-state index contributed by atoms with van der Waals surface area (Å²) in [5.41, 5.74) is 0. The van der Waals surface area contributed by atoms with Crippen LogP contribution in [0.2, 0.25) is 0 Å². The van der Waals surface area contributed by atoms with Gasteiger partial charge < -0.3 is 19.5 Å². The van der Waals surface area contributed by atoms with E-state index in [9.17, 15) is 14.7 Å². The van der Waals surface area contributed by atoms with E-state index >= 15 is 0 Å². The van der Waals surface area contributed by atoms with Gasteiger partial charge in [-0.05, 0) is 77.3 Å². The van der Waals surface area contributed by atoms with E-state index in [2.05, 4.69) is 25.7 Å². The van der Waals surface area contributed by atoms with Crippen LogP contribution in [0, 0.1) is 0 Å². The molecular formula is C44H87NO5. The van der Waals surface area contributed by atoms with Crippen LogP contribution < -0.4 is 0 Å². The van der Waals surface area contributed by atoms with E-state index in [1.165, 1.54) is 128 Å². The van der Waals surface area contributed by atoms with Gasteiger partial charge in [0.15, 0.2) is 0 Å². The maximum Gasteiger partial charge on any atom is 0.306 e. The zero-order valence-corrected chi connectivity index (χ0v) is 34.0. The van der Waals surface area contributed by atoms with Crippen LogP contribution in [0.15, 0.2) is 0 Å². The molecule has 1 N–H and O–H groups in total. The maximum absolute atomic E-state index is 12.7. The van der Waals surface area contributed by atoms with Gasteiger partial charge in [0.2, 0.25) is 0 Å². The number of esters is 2. The average Bonchev–Trinajstić information content (AvgIpc) is 3.11. The van der Waals surface area contributed by atoms with Crippen LogP contribution in [0.4, 0.5) is 0 Å². The average molecular weight is 710 g/mol. The van der Waals surface area contributed by atoms with E-state index in [1.807, 2.05) is 0 Å². The van der Waals surface area contributed by atoms with Gasteiger partial charge in [0, 0.05) is 26.0 Å². The van der Waals surface area contributed by atoms with E-state index in [4.69, 9.17) is 9.47 Å². The summed E-state index contributed by atoms with van der Waals surface area (Å²) in [5.74, 6) is -0.0301. The van der Waals surface area contributed by atoms with Crippen LogP contribution in [0.3, 0.4) is 0 Å². The second-order valence-electron chi connectivity index (χ2n) is 15.2. The van der Waals surface area contributed by atoms with E-state index < -0.39 is 0 Å². The molecule has 0 aliphatic heterocycles. The van der Waals surface area contributed by atoms with Crippen molar-refractivity contribution in [2.75, 3.05) is 32.8 Å². The molecule has 6 nitrogen and oxygen atoms in total. The molecular weight excluding hydrogens is 622 g/mol. The second-order valence-corrected chi connectivity index (χ2v) is 15.2. The molecule has 0 aromatic carbocycles. The Kier molecular flexibility index (Phi) is 39.7. The fourth-order valence-corrected chi connectivity index (χ4v) is 6.85. The Balaban J connectivity index is 4.01. The van der Waals surface area contributed by atoms with Crippen molar-refractivity contribution in [2.24, 2.45) is 0 Å². The third kappa shape index (κ3) is 36.6. The van der Waals surface area contributed by atoms with Gasteiger partial charge in [-0.25, -0.2) is 0 Å². The van der Waals surface area contributed by atoms with Crippen molar-refractivity contribution in [3.63, 3.8) is 0 Å². The van der Waals surface area contributed by atoms with Crippen molar-refractivity contribution in [1.29, 1.82) is 0 Å². The molecule has 0 aliphatic carbocycles. The van der Waals surface area contributed by atoms with Crippen LogP contribution in [0.1, 0.15) is 233 Å². The Morgan fingerprint density at radius 2 is 0.840 bits per heavy atom. The molecule has 0 rings (SSSR count). The minimum absolute atomic E-state index is 0.0109. The van der Waals surface area contributed by atoms with Gasteiger partial charge in [-0.2, -0.15) is 0 Å². The summed E-state index contributed by atoms with van der Waals surface area (Å²) in [6, 6.07) is 0. The first-order chi connectivity index (χ1) is 24.6. The van der Waals surface area contributed by atoms with Gasteiger partial charge in [-0.1, -0.05) is 156 Å². The topological polar surface area (TPSA) is 76.1 Å². The smallest absolute Gasteiger partial charge is 0.306 e.